The van der Waals surface area contributed by atoms with E-state index in [0.29, 0.717) is 18.1 Å². The molecule has 1 aromatic carbocycles. The minimum absolute atomic E-state index is 0.208. The Morgan fingerprint density at radius 3 is 2.89 bits per heavy atom. The zero-order valence-corrected chi connectivity index (χ0v) is 10.5. The molecule has 1 aromatic rings. The van der Waals surface area contributed by atoms with Gasteiger partial charge in [0.25, 0.3) is 0 Å². The largest absolute Gasteiger partial charge is 0.454 e. The summed E-state index contributed by atoms with van der Waals surface area (Å²) < 4.78 is 10.6. The minimum atomic E-state index is 0.208. The van der Waals surface area contributed by atoms with Crippen LogP contribution in [-0.2, 0) is 0 Å². The van der Waals surface area contributed by atoms with Gasteiger partial charge in [-0.25, -0.2) is 0 Å². The molecule has 4 nitrogen and oxygen atoms in total. The molecule has 0 aromatic heterocycles. The lowest BCUT2D eigenvalue weighted by Crippen LogP contribution is -2.13. The fourth-order valence-corrected chi connectivity index (χ4v) is 2.60. The van der Waals surface area contributed by atoms with Gasteiger partial charge in [0.15, 0.2) is 17.3 Å². The van der Waals surface area contributed by atoms with E-state index in [2.05, 4.69) is 5.32 Å². The molecule has 0 amide bonds. The molecule has 2 aliphatic heterocycles. The highest BCUT2D eigenvalue weighted by atomic mass is 16.7. The lowest BCUT2D eigenvalue weighted by Gasteiger charge is -2.10. The van der Waals surface area contributed by atoms with Crippen molar-refractivity contribution >= 4 is 5.78 Å². The monoisotopic (exact) mass is 247 g/mol. The van der Waals surface area contributed by atoms with Gasteiger partial charge in [0.05, 0.1) is 0 Å². The number of aryl methyl sites for hydroxylation is 1. The first-order valence-electron chi connectivity index (χ1n) is 6.38. The Hall–Kier alpha value is -1.55. The topological polar surface area (TPSA) is 47.6 Å². The van der Waals surface area contributed by atoms with Crippen LogP contribution in [0.25, 0.3) is 0 Å². The Kier molecular flexibility index (Phi) is 2.96. The van der Waals surface area contributed by atoms with Crippen molar-refractivity contribution in [3.8, 4) is 11.5 Å². The van der Waals surface area contributed by atoms with E-state index in [1.807, 2.05) is 19.1 Å². The number of rotatable bonds is 3. The molecule has 0 spiro atoms. The van der Waals surface area contributed by atoms with Crippen LogP contribution >= 0.6 is 0 Å². The Morgan fingerprint density at radius 1 is 1.39 bits per heavy atom. The van der Waals surface area contributed by atoms with E-state index < -0.39 is 0 Å². The number of nitrogens with one attached hydrogen (secondary N) is 1. The first-order chi connectivity index (χ1) is 8.74. The van der Waals surface area contributed by atoms with Crippen molar-refractivity contribution in [2.75, 3.05) is 19.9 Å². The number of carbonyl (C=O) groups excluding carboxylic acids is 1. The Balaban J connectivity index is 1.80. The molecule has 1 saturated heterocycles. The highest BCUT2D eigenvalue weighted by Crippen LogP contribution is 2.35. The molecule has 1 atom stereocenters. The van der Waals surface area contributed by atoms with E-state index in [0.717, 1.165) is 36.4 Å². The molecule has 1 fully saturated rings. The van der Waals surface area contributed by atoms with Crippen LogP contribution in [0.4, 0.5) is 0 Å². The fraction of sp³-hybridized carbons (Fsp3) is 0.500. The molecule has 4 heteroatoms. The van der Waals surface area contributed by atoms with E-state index in [-0.39, 0.29) is 12.6 Å². The summed E-state index contributed by atoms with van der Waals surface area (Å²) in [7, 11) is 0. The van der Waals surface area contributed by atoms with Gasteiger partial charge in [-0.3, -0.25) is 4.79 Å². The summed E-state index contributed by atoms with van der Waals surface area (Å²) in [6.07, 6.45) is 1.71. The number of hydrogen-bond donors (Lipinski definition) is 1. The van der Waals surface area contributed by atoms with Gasteiger partial charge in [0.2, 0.25) is 6.79 Å². The summed E-state index contributed by atoms with van der Waals surface area (Å²) in [5, 5.41) is 3.29. The molecule has 1 unspecified atom stereocenters. The van der Waals surface area contributed by atoms with Crippen LogP contribution in [0.3, 0.4) is 0 Å². The third kappa shape index (κ3) is 2.08. The Labute approximate surface area is 106 Å². The average Bonchev–Trinajstić information content (AvgIpc) is 2.98. The second-order valence-corrected chi connectivity index (χ2v) is 5.01. The smallest absolute Gasteiger partial charge is 0.231 e. The van der Waals surface area contributed by atoms with Gasteiger partial charge >= 0.3 is 0 Å². The number of Topliss-reactive ketones (excluding diaryl/α,β-unsaturated/α-hetero) is 1. The summed E-state index contributed by atoms with van der Waals surface area (Å²) in [6, 6.07) is 3.71. The molecule has 2 aliphatic rings. The fourth-order valence-electron chi connectivity index (χ4n) is 2.60. The lowest BCUT2D eigenvalue weighted by atomic mass is 9.95. The lowest BCUT2D eigenvalue weighted by molar-refractivity contribution is 0.0963. The van der Waals surface area contributed by atoms with Gasteiger partial charge < -0.3 is 14.8 Å². The maximum atomic E-state index is 12.3. The average molecular weight is 247 g/mol. The van der Waals surface area contributed by atoms with E-state index >= 15 is 0 Å². The van der Waals surface area contributed by atoms with Gasteiger partial charge in [-0.05, 0) is 50.0 Å². The second-order valence-electron chi connectivity index (χ2n) is 5.01. The van der Waals surface area contributed by atoms with Gasteiger partial charge in [-0.2, -0.15) is 0 Å². The summed E-state index contributed by atoms with van der Waals surface area (Å²) in [5.74, 6) is 2.11. The van der Waals surface area contributed by atoms with Crippen LogP contribution in [-0.4, -0.2) is 25.7 Å². The number of benzene rings is 1. The van der Waals surface area contributed by atoms with Crippen LogP contribution in [0.5, 0.6) is 11.5 Å². The van der Waals surface area contributed by atoms with Crippen molar-refractivity contribution < 1.29 is 14.3 Å². The van der Waals surface area contributed by atoms with Crippen molar-refractivity contribution in [3.63, 3.8) is 0 Å². The van der Waals surface area contributed by atoms with E-state index in [4.69, 9.17) is 9.47 Å². The first-order valence-corrected chi connectivity index (χ1v) is 6.38. The minimum Gasteiger partial charge on any atom is -0.454 e. The van der Waals surface area contributed by atoms with E-state index in [9.17, 15) is 4.79 Å². The van der Waals surface area contributed by atoms with Crippen molar-refractivity contribution in [2.24, 2.45) is 5.92 Å². The molecule has 0 aliphatic carbocycles. The Bertz CT molecular complexity index is 478. The van der Waals surface area contributed by atoms with Crippen molar-refractivity contribution in [1.29, 1.82) is 0 Å². The van der Waals surface area contributed by atoms with Gasteiger partial charge in [-0.1, -0.05) is 0 Å². The number of ether oxygens (including phenoxy) is 2. The Morgan fingerprint density at radius 2 is 2.17 bits per heavy atom. The zero-order valence-electron chi connectivity index (χ0n) is 10.5. The molecule has 18 heavy (non-hydrogen) atoms. The molecule has 96 valence electrons. The van der Waals surface area contributed by atoms with Crippen LogP contribution in [0.1, 0.15) is 28.8 Å². The summed E-state index contributed by atoms with van der Waals surface area (Å²) in [5.41, 5.74) is 1.74. The van der Waals surface area contributed by atoms with Gasteiger partial charge in [0.1, 0.15) is 0 Å². The number of carbonyl (C=O) groups is 1. The molecule has 1 N–H and O–H groups in total. The highest BCUT2D eigenvalue weighted by molar-refractivity contribution is 5.98. The van der Waals surface area contributed by atoms with Gasteiger partial charge in [0, 0.05) is 12.0 Å². The van der Waals surface area contributed by atoms with Crippen LogP contribution in [0.2, 0.25) is 0 Å². The quantitative estimate of drug-likeness (QED) is 0.829. The normalized spacial score (nSPS) is 21.3. The molecular weight excluding hydrogens is 230 g/mol. The first kappa shape index (κ1) is 11.5. The predicted octanol–water partition coefficient (Wildman–Crippen LogP) is 1.91. The molecular formula is C14H17NO3. The van der Waals surface area contributed by atoms with Crippen LogP contribution in [0.15, 0.2) is 12.1 Å². The maximum absolute atomic E-state index is 12.3. The number of ketones is 1. The van der Waals surface area contributed by atoms with Crippen molar-refractivity contribution in [2.45, 2.75) is 19.8 Å². The molecule has 3 rings (SSSR count). The number of fused-ring (bicyclic) bond motifs is 1. The van der Waals surface area contributed by atoms with Crippen molar-refractivity contribution in [3.05, 3.63) is 23.3 Å². The number of hydrogen-bond acceptors (Lipinski definition) is 4. The van der Waals surface area contributed by atoms with E-state index in [1.165, 1.54) is 0 Å². The molecule has 2 heterocycles. The van der Waals surface area contributed by atoms with Gasteiger partial charge in [-0.15, -0.1) is 0 Å². The third-order valence-electron chi connectivity index (χ3n) is 3.66. The zero-order chi connectivity index (χ0) is 12.5. The van der Waals surface area contributed by atoms with E-state index in [1.54, 1.807) is 0 Å². The summed E-state index contributed by atoms with van der Waals surface area (Å²) >= 11 is 0. The summed E-state index contributed by atoms with van der Waals surface area (Å²) in [6.45, 7) is 4.18. The molecule has 0 saturated carbocycles. The van der Waals surface area contributed by atoms with Crippen LogP contribution < -0.4 is 14.8 Å². The highest BCUT2D eigenvalue weighted by Gasteiger charge is 2.22. The third-order valence-corrected chi connectivity index (χ3v) is 3.66. The van der Waals surface area contributed by atoms with Crippen molar-refractivity contribution in [1.82, 2.24) is 5.32 Å². The molecule has 0 radical (unpaired) electrons. The summed E-state index contributed by atoms with van der Waals surface area (Å²) in [4.78, 5) is 12.3. The predicted molar refractivity (Wildman–Crippen MR) is 67.2 cm³/mol. The molecule has 0 bridgehead atoms. The van der Waals surface area contributed by atoms with Crippen LogP contribution in [0, 0.1) is 12.8 Å². The second kappa shape index (κ2) is 4.61. The SMILES string of the molecule is Cc1cc2c(cc1C(=O)CC1CCNC1)OCO2. The maximum Gasteiger partial charge on any atom is 0.231 e. The standard InChI is InChI=1S/C14H17NO3/c1-9-4-13-14(18-8-17-13)6-11(9)12(16)5-10-2-3-15-7-10/h4,6,10,15H,2-3,5,7-8H2,1H3.